The molecule has 0 atom stereocenters. The zero-order valence-corrected chi connectivity index (χ0v) is 11.5. The summed E-state index contributed by atoms with van der Waals surface area (Å²) in [6.45, 7) is 2.95. The summed E-state index contributed by atoms with van der Waals surface area (Å²) in [5, 5.41) is 0.650. The molecule has 1 aromatic carbocycles. The second-order valence-electron chi connectivity index (χ2n) is 4.47. The van der Waals surface area contributed by atoms with Crippen molar-refractivity contribution in [1.29, 1.82) is 0 Å². The second kappa shape index (κ2) is 4.17. The van der Waals surface area contributed by atoms with Crippen molar-refractivity contribution in [3.8, 4) is 0 Å². The van der Waals surface area contributed by atoms with Gasteiger partial charge in [-0.15, -0.1) is 0 Å². The summed E-state index contributed by atoms with van der Waals surface area (Å²) in [5.74, 6) is -0.315. The molecule has 0 spiro atoms. The van der Waals surface area contributed by atoms with E-state index < -0.39 is 0 Å². The standard InChI is InChI=1S/C13H12BrFN2O/c1-6-4-8(15)11(14)10-12(16)7-5-18-3-2-9(7)17-13(6)10/h4H,2-3,5H2,1H3,(H2,16,17). The summed E-state index contributed by atoms with van der Waals surface area (Å²) in [6.07, 6.45) is 0.754. The van der Waals surface area contributed by atoms with Gasteiger partial charge in [0.05, 0.1) is 28.9 Å². The number of nitrogens with zero attached hydrogens (tertiary/aromatic N) is 1. The number of nitrogen functional groups attached to an aromatic ring is 1. The Balaban J connectivity index is 2.46. The van der Waals surface area contributed by atoms with Gasteiger partial charge in [0, 0.05) is 23.1 Å². The van der Waals surface area contributed by atoms with Crippen LogP contribution in [0.1, 0.15) is 16.8 Å². The Bertz CT molecular complexity index is 657. The van der Waals surface area contributed by atoms with Gasteiger partial charge in [-0.1, -0.05) is 0 Å². The molecule has 3 rings (SSSR count). The van der Waals surface area contributed by atoms with Crippen LogP contribution in [-0.4, -0.2) is 11.6 Å². The van der Waals surface area contributed by atoms with E-state index in [2.05, 4.69) is 20.9 Å². The predicted octanol–water partition coefficient (Wildman–Crippen LogP) is 3.10. The number of halogens is 2. The molecule has 1 aromatic heterocycles. The number of aromatic nitrogens is 1. The number of benzene rings is 1. The number of anilines is 1. The molecule has 1 aliphatic rings. The predicted molar refractivity (Wildman–Crippen MR) is 71.9 cm³/mol. The van der Waals surface area contributed by atoms with E-state index in [1.165, 1.54) is 6.07 Å². The molecule has 0 aliphatic carbocycles. The Hall–Kier alpha value is -1.20. The van der Waals surface area contributed by atoms with E-state index in [4.69, 9.17) is 10.5 Å². The summed E-state index contributed by atoms with van der Waals surface area (Å²) >= 11 is 3.26. The lowest BCUT2D eigenvalue weighted by Gasteiger charge is -2.20. The molecule has 0 unspecified atom stereocenters. The van der Waals surface area contributed by atoms with Crippen molar-refractivity contribution in [2.24, 2.45) is 0 Å². The number of ether oxygens (including phenoxy) is 1. The Morgan fingerprint density at radius 3 is 3.06 bits per heavy atom. The Morgan fingerprint density at radius 1 is 1.50 bits per heavy atom. The first kappa shape index (κ1) is 11.9. The van der Waals surface area contributed by atoms with Gasteiger partial charge < -0.3 is 10.5 Å². The van der Waals surface area contributed by atoms with E-state index in [0.29, 0.717) is 28.8 Å². The number of hydrogen-bond donors (Lipinski definition) is 1. The fourth-order valence-electron chi connectivity index (χ4n) is 2.35. The van der Waals surface area contributed by atoms with Crippen molar-refractivity contribution in [2.75, 3.05) is 12.3 Å². The maximum Gasteiger partial charge on any atom is 0.138 e. The molecule has 2 heterocycles. The fourth-order valence-corrected chi connectivity index (χ4v) is 2.87. The molecule has 0 radical (unpaired) electrons. The van der Waals surface area contributed by atoms with E-state index in [0.717, 1.165) is 28.8 Å². The van der Waals surface area contributed by atoms with Crippen molar-refractivity contribution < 1.29 is 9.13 Å². The quantitative estimate of drug-likeness (QED) is 0.813. The number of rotatable bonds is 0. The van der Waals surface area contributed by atoms with Crippen molar-refractivity contribution >= 4 is 32.5 Å². The lowest BCUT2D eigenvalue weighted by Crippen LogP contribution is -2.15. The van der Waals surface area contributed by atoms with Crippen LogP contribution in [0.5, 0.6) is 0 Å². The van der Waals surface area contributed by atoms with Gasteiger partial charge in [-0.05, 0) is 34.5 Å². The van der Waals surface area contributed by atoms with Crippen LogP contribution < -0.4 is 5.73 Å². The first-order valence-electron chi connectivity index (χ1n) is 5.73. The highest BCUT2D eigenvalue weighted by molar-refractivity contribution is 9.10. The molecular formula is C13H12BrFN2O. The molecule has 94 valence electrons. The monoisotopic (exact) mass is 310 g/mol. The molecule has 0 saturated heterocycles. The molecule has 1 aliphatic heterocycles. The van der Waals surface area contributed by atoms with Gasteiger partial charge in [0.15, 0.2) is 0 Å². The number of hydrogen-bond acceptors (Lipinski definition) is 3. The average Bonchev–Trinajstić information content (AvgIpc) is 2.36. The molecule has 2 N–H and O–H groups in total. The largest absolute Gasteiger partial charge is 0.398 e. The number of pyridine rings is 1. The SMILES string of the molecule is Cc1cc(F)c(Br)c2c(N)c3c(nc12)CCOC3. The van der Waals surface area contributed by atoms with Crippen molar-refractivity contribution in [3.05, 3.63) is 33.2 Å². The summed E-state index contributed by atoms with van der Waals surface area (Å²) in [6, 6.07) is 1.48. The number of fused-ring (bicyclic) bond motifs is 2. The molecule has 0 fully saturated rings. The van der Waals surface area contributed by atoms with Crippen LogP contribution in [0.2, 0.25) is 0 Å². The Kier molecular flexibility index (Phi) is 2.75. The van der Waals surface area contributed by atoms with Gasteiger partial charge in [-0.3, -0.25) is 4.98 Å². The number of aryl methyl sites for hydroxylation is 1. The summed E-state index contributed by atoms with van der Waals surface area (Å²) in [7, 11) is 0. The van der Waals surface area contributed by atoms with Crippen LogP contribution in [0.4, 0.5) is 10.1 Å². The smallest absolute Gasteiger partial charge is 0.138 e. The molecule has 5 heteroatoms. The van der Waals surface area contributed by atoms with Crippen LogP contribution in [-0.2, 0) is 17.8 Å². The Morgan fingerprint density at radius 2 is 2.28 bits per heavy atom. The second-order valence-corrected chi connectivity index (χ2v) is 5.26. The molecule has 0 saturated carbocycles. The third-order valence-corrected chi connectivity index (χ3v) is 4.08. The summed E-state index contributed by atoms with van der Waals surface area (Å²) in [5.41, 5.74) is 10.2. The van der Waals surface area contributed by atoms with Crippen LogP contribution >= 0.6 is 15.9 Å². The molecule has 2 aromatic rings. The van der Waals surface area contributed by atoms with Gasteiger partial charge in [0.1, 0.15) is 5.82 Å². The Labute approximate surface area is 112 Å². The minimum absolute atomic E-state index is 0.315. The van der Waals surface area contributed by atoms with Crippen LogP contribution in [0.25, 0.3) is 10.9 Å². The zero-order valence-electron chi connectivity index (χ0n) is 9.89. The van der Waals surface area contributed by atoms with Crippen LogP contribution in [0, 0.1) is 12.7 Å². The topological polar surface area (TPSA) is 48.1 Å². The van der Waals surface area contributed by atoms with E-state index in [1.54, 1.807) is 0 Å². The van der Waals surface area contributed by atoms with Gasteiger partial charge in [0.2, 0.25) is 0 Å². The lowest BCUT2D eigenvalue weighted by atomic mass is 10.0. The van der Waals surface area contributed by atoms with Crippen molar-refractivity contribution in [3.63, 3.8) is 0 Å². The lowest BCUT2D eigenvalue weighted by molar-refractivity contribution is 0.110. The first-order chi connectivity index (χ1) is 8.59. The van der Waals surface area contributed by atoms with E-state index >= 15 is 0 Å². The molecule has 18 heavy (non-hydrogen) atoms. The highest BCUT2D eigenvalue weighted by Crippen LogP contribution is 2.36. The highest BCUT2D eigenvalue weighted by atomic mass is 79.9. The maximum absolute atomic E-state index is 13.8. The fraction of sp³-hybridized carbons (Fsp3) is 0.308. The maximum atomic E-state index is 13.8. The molecule has 0 amide bonds. The minimum Gasteiger partial charge on any atom is -0.398 e. The third kappa shape index (κ3) is 1.61. The van der Waals surface area contributed by atoms with E-state index in [9.17, 15) is 4.39 Å². The van der Waals surface area contributed by atoms with Crippen LogP contribution in [0.15, 0.2) is 10.5 Å². The van der Waals surface area contributed by atoms with Crippen molar-refractivity contribution in [2.45, 2.75) is 20.0 Å². The molecule has 3 nitrogen and oxygen atoms in total. The van der Waals surface area contributed by atoms with Gasteiger partial charge in [-0.2, -0.15) is 0 Å². The average molecular weight is 311 g/mol. The molecule has 0 bridgehead atoms. The number of nitrogens with two attached hydrogens (primary N) is 1. The van der Waals surface area contributed by atoms with E-state index in [-0.39, 0.29) is 5.82 Å². The third-order valence-electron chi connectivity index (χ3n) is 3.30. The zero-order chi connectivity index (χ0) is 12.9. The summed E-state index contributed by atoms with van der Waals surface area (Å²) in [4.78, 5) is 4.62. The first-order valence-corrected chi connectivity index (χ1v) is 6.52. The van der Waals surface area contributed by atoms with E-state index in [1.807, 2.05) is 6.92 Å². The highest BCUT2D eigenvalue weighted by Gasteiger charge is 2.20. The van der Waals surface area contributed by atoms with Gasteiger partial charge >= 0.3 is 0 Å². The summed E-state index contributed by atoms with van der Waals surface area (Å²) < 4.78 is 19.5. The van der Waals surface area contributed by atoms with Crippen molar-refractivity contribution in [1.82, 2.24) is 4.98 Å². The normalized spacial score (nSPS) is 14.8. The van der Waals surface area contributed by atoms with Crippen LogP contribution in [0.3, 0.4) is 0 Å². The molecular weight excluding hydrogens is 299 g/mol. The van der Waals surface area contributed by atoms with Gasteiger partial charge in [-0.25, -0.2) is 4.39 Å². The van der Waals surface area contributed by atoms with Gasteiger partial charge in [0.25, 0.3) is 0 Å². The minimum atomic E-state index is -0.315.